The van der Waals surface area contributed by atoms with Crippen molar-refractivity contribution in [1.82, 2.24) is 10.2 Å². The van der Waals surface area contributed by atoms with E-state index in [0.717, 1.165) is 24.3 Å². The molecule has 2 aromatic rings. The molecule has 1 heterocycles. The Kier molecular flexibility index (Phi) is 9.36. The van der Waals surface area contributed by atoms with Crippen molar-refractivity contribution in [2.75, 3.05) is 31.6 Å². The van der Waals surface area contributed by atoms with Crippen LogP contribution in [0.3, 0.4) is 0 Å². The Labute approximate surface area is 219 Å². The van der Waals surface area contributed by atoms with Crippen molar-refractivity contribution in [2.24, 2.45) is 0 Å². The molecule has 206 valence electrons. The SMILES string of the molecule is CC(C)NC(=O)Nc1cccc(Sc2ccc(/C=C/C(=O)N3CCOCC3)c(C(F)(F)F)c2C(F)(F)F)c1. The highest BCUT2D eigenvalue weighted by atomic mass is 32.2. The van der Waals surface area contributed by atoms with Crippen molar-refractivity contribution in [3.8, 4) is 0 Å². The lowest BCUT2D eigenvalue weighted by Gasteiger charge is -2.25. The third-order valence-corrected chi connectivity index (χ3v) is 6.28. The molecule has 1 aliphatic heterocycles. The van der Waals surface area contributed by atoms with Crippen LogP contribution >= 0.6 is 11.8 Å². The van der Waals surface area contributed by atoms with E-state index in [4.69, 9.17) is 4.74 Å². The number of hydrogen-bond donors (Lipinski definition) is 2. The van der Waals surface area contributed by atoms with Crippen LogP contribution in [0.4, 0.5) is 36.8 Å². The number of ether oxygens (including phenoxy) is 1. The van der Waals surface area contributed by atoms with Crippen LogP contribution in [0.25, 0.3) is 6.08 Å². The lowest BCUT2D eigenvalue weighted by molar-refractivity contribution is -0.163. The first-order valence-corrected chi connectivity index (χ1v) is 12.3. The van der Waals surface area contributed by atoms with Gasteiger partial charge in [-0.25, -0.2) is 4.79 Å². The third kappa shape index (κ3) is 7.90. The molecule has 0 unspecified atom stereocenters. The molecule has 0 atom stereocenters. The number of morpholine rings is 1. The van der Waals surface area contributed by atoms with Crippen LogP contribution in [0.2, 0.25) is 0 Å². The van der Waals surface area contributed by atoms with E-state index in [-0.39, 0.29) is 42.9 Å². The maximum atomic E-state index is 14.1. The summed E-state index contributed by atoms with van der Waals surface area (Å²) in [5.41, 5.74) is -4.27. The molecule has 1 aliphatic rings. The molecule has 0 radical (unpaired) electrons. The van der Waals surface area contributed by atoms with E-state index in [1.807, 2.05) is 0 Å². The Morgan fingerprint density at radius 3 is 2.26 bits per heavy atom. The molecular weight excluding hydrogens is 536 g/mol. The summed E-state index contributed by atoms with van der Waals surface area (Å²) in [6.45, 7) is 4.45. The van der Waals surface area contributed by atoms with Gasteiger partial charge in [0, 0.05) is 40.7 Å². The smallest absolute Gasteiger partial charge is 0.378 e. The Hall–Kier alpha value is -3.19. The predicted molar refractivity (Wildman–Crippen MR) is 131 cm³/mol. The number of urea groups is 1. The molecule has 0 aromatic heterocycles. The van der Waals surface area contributed by atoms with E-state index in [0.29, 0.717) is 11.8 Å². The van der Waals surface area contributed by atoms with Gasteiger partial charge in [-0.3, -0.25) is 4.79 Å². The molecule has 0 aliphatic carbocycles. The number of halogens is 6. The monoisotopic (exact) mass is 561 g/mol. The van der Waals surface area contributed by atoms with Gasteiger partial charge in [0.25, 0.3) is 0 Å². The molecule has 0 spiro atoms. The summed E-state index contributed by atoms with van der Waals surface area (Å²) in [7, 11) is 0. The van der Waals surface area contributed by atoms with Gasteiger partial charge in [-0.2, -0.15) is 26.3 Å². The van der Waals surface area contributed by atoms with Crippen molar-refractivity contribution in [3.63, 3.8) is 0 Å². The van der Waals surface area contributed by atoms with Gasteiger partial charge in [-0.1, -0.05) is 23.9 Å². The summed E-state index contributed by atoms with van der Waals surface area (Å²) < 4.78 is 89.5. The van der Waals surface area contributed by atoms with E-state index in [2.05, 4.69) is 10.6 Å². The molecule has 1 saturated heterocycles. The number of rotatable bonds is 6. The fourth-order valence-corrected chi connectivity index (χ4v) is 4.70. The first-order valence-electron chi connectivity index (χ1n) is 11.5. The average Bonchev–Trinajstić information content (AvgIpc) is 2.81. The standard InChI is InChI=1S/C25H25F6N3O3S/c1-15(2)32-23(36)33-17-4-3-5-18(14-17)38-19-8-6-16(7-9-20(35)34-10-12-37-13-11-34)21(24(26,27)28)22(19)25(29,30)31/h3-9,14-15H,10-13H2,1-2H3,(H2,32,33,36)/b9-7+. The van der Waals surface area contributed by atoms with Crippen LogP contribution in [0.1, 0.15) is 30.5 Å². The first-order chi connectivity index (χ1) is 17.8. The summed E-state index contributed by atoms with van der Waals surface area (Å²) in [6, 6.07) is 6.86. The zero-order valence-electron chi connectivity index (χ0n) is 20.4. The van der Waals surface area contributed by atoms with Gasteiger partial charge in [-0.05, 0) is 49.8 Å². The molecule has 3 rings (SSSR count). The minimum atomic E-state index is -5.36. The Bertz CT molecular complexity index is 1190. The normalized spacial score (nSPS) is 14.7. The van der Waals surface area contributed by atoms with Crippen LogP contribution in [-0.4, -0.2) is 49.2 Å². The fourth-order valence-electron chi connectivity index (χ4n) is 3.65. The number of alkyl halides is 6. The number of amides is 3. The van der Waals surface area contributed by atoms with Gasteiger partial charge in [0.1, 0.15) is 0 Å². The van der Waals surface area contributed by atoms with Crippen LogP contribution in [-0.2, 0) is 21.9 Å². The highest BCUT2D eigenvalue weighted by Gasteiger charge is 2.46. The molecule has 1 fully saturated rings. The van der Waals surface area contributed by atoms with E-state index in [9.17, 15) is 35.9 Å². The van der Waals surface area contributed by atoms with Crippen molar-refractivity contribution in [1.29, 1.82) is 0 Å². The lowest BCUT2D eigenvalue weighted by Crippen LogP contribution is -2.39. The zero-order valence-corrected chi connectivity index (χ0v) is 21.2. The summed E-state index contributed by atoms with van der Waals surface area (Å²) >= 11 is 0.477. The number of benzene rings is 2. The maximum absolute atomic E-state index is 14.1. The van der Waals surface area contributed by atoms with E-state index in [1.165, 1.54) is 29.2 Å². The zero-order chi connectivity index (χ0) is 28.1. The second-order valence-corrected chi connectivity index (χ2v) is 9.67. The number of nitrogens with one attached hydrogen (secondary N) is 2. The van der Waals surface area contributed by atoms with E-state index in [1.54, 1.807) is 13.8 Å². The molecule has 6 nitrogen and oxygen atoms in total. The predicted octanol–water partition coefficient (Wildman–Crippen LogP) is 6.28. The average molecular weight is 562 g/mol. The summed E-state index contributed by atoms with van der Waals surface area (Å²) in [4.78, 5) is 25.1. The summed E-state index contributed by atoms with van der Waals surface area (Å²) in [5, 5.41) is 5.12. The largest absolute Gasteiger partial charge is 0.418 e. The molecule has 38 heavy (non-hydrogen) atoms. The molecule has 0 saturated carbocycles. The van der Waals surface area contributed by atoms with Gasteiger partial charge in [0.2, 0.25) is 5.91 Å². The second-order valence-electron chi connectivity index (χ2n) is 8.55. The van der Waals surface area contributed by atoms with Crippen molar-refractivity contribution in [2.45, 2.75) is 42.0 Å². The summed E-state index contributed by atoms with van der Waals surface area (Å²) in [6.07, 6.45) is -9.12. The minimum absolute atomic E-state index is 0.167. The molecule has 2 aromatic carbocycles. The van der Waals surface area contributed by atoms with Crippen LogP contribution in [0.15, 0.2) is 52.3 Å². The van der Waals surface area contributed by atoms with Crippen LogP contribution in [0.5, 0.6) is 0 Å². The molecular formula is C25H25F6N3O3S. The van der Waals surface area contributed by atoms with Gasteiger partial charge in [-0.15, -0.1) is 0 Å². The minimum Gasteiger partial charge on any atom is -0.378 e. The van der Waals surface area contributed by atoms with Crippen molar-refractivity contribution >= 4 is 35.5 Å². The Morgan fingerprint density at radius 2 is 1.66 bits per heavy atom. The van der Waals surface area contributed by atoms with Crippen LogP contribution in [0, 0.1) is 0 Å². The molecule has 0 bridgehead atoms. The Balaban J connectivity index is 1.98. The molecule has 3 amide bonds. The number of nitrogens with zero attached hydrogens (tertiary/aromatic N) is 1. The quantitative estimate of drug-likeness (QED) is 0.322. The highest BCUT2D eigenvalue weighted by Crippen LogP contribution is 2.48. The second kappa shape index (κ2) is 12.1. The maximum Gasteiger partial charge on any atom is 0.418 e. The molecule has 13 heteroatoms. The number of anilines is 1. The topological polar surface area (TPSA) is 70.7 Å². The molecule has 2 N–H and O–H groups in total. The first kappa shape index (κ1) is 29.4. The van der Waals surface area contributed by atoms with Crippen LogP contribution < -0.4 is 10.6 Å². The number of carbonyl (C=O) groups excluding carboxylic acids is 2. The summed E-state index contributed by atoms with van der Waals surface area (Å²) in [5.74, 6) is -0.626. The van der Waals surface area contributed by atoms with E-state index < -0.39 is 45.9 Å². The number of carbonyl (C=O) groups is 2. The van der Waals surface area contributed by atoms with E-state index >= 15 is 0 Å². The van der Waals surface area contributed by atoms with Gasteiger partial charge >= 0.3 is 18.4 Å². The highest BCUT2D eigenvalue weighted by molar-refractivity contribution is 7.99. The fraction of sp³-hybridized carbons (Fsp3) is 0.360. The van der Waals surface area contributed by atoms with Gasteiger partial charge in [0.05, 0.1) is 24.3 Å². The number of hydrogen-bond acceptors (Lipinski definition) is 4. The lowest BCUT2D eigenvalue weighted by atomic mass is 9.99. The Morgan fingerprint density at radius 1 is 1.00 bits per heavy atom. The van der Waals surface area contributed by atoms with Gasteiger partial charge < -0.3 is 20.3 Å². The van der Waals surface area contributed by atoms with Crippen molar-refractivity contribution in [3.05, 3.63) is 59.2 Å². The van der Waals surface area contributed by atoms with Gasteiger partial charge in [0.15, 0.2) is 0 Å². The van der Waals surface area contributed by atoms with Crippen molar-refractivity contribution < 1.29 is 40.7 Å². The third-order valence-electron chi connectivity index (χ3n) is 5.23.